The molecule has 4 heteroatoms. The molecule has 4 nitrogen and oxygen atoms in total. The Kier molecular flexibility index (Phi) is 4.27. The molecule has 0 aromatic heterocycles. The van der Waals surface area contributed by atoms with Crippen LogP contribution in [-0.2, 0) is 9.53 Å². The molecule has 0 atom stereocenters. The van der Waals surface area contributed by atoms with Crippen molar-refractivity contribution in [3.8, 4) is 0 Å². The van der Waals surface area contributed by atoms with E-state index >= 15 is 0 Å². The zero-order valence-electron chi connectivity index (χ0n) is 9.07. The summed E-state index contributed by atoms with van der Waals surface area (Å²) in [6.07, 6.45) is 3.02. The largest absolute Gasteiger partial charge is 0.463 e. The van der Waals surface area contributed by atoms with E-state index < -0.39 is 0 Å². The van der Waals surface area contributed by atoms with Crippen LogP contribution in [0.1, 0.15) is 18.1 Å². The first-order valence-electron chi connectivity index (χ1n) is 4.92. The van der Waals surface area contributed by atoms with Crippen LogP contribution in [0.2, 0.25) is 0 Å². The molecule has 0 saturated heterocycles. The maximum absolute atomic E-state index is 11.0. The molecule has 0 fully saturated rings. The van der Waals surface area contributed by atoms with Crippen LogP contribution in [0.3, 0.4) is 0 Å². The molecule has 0 heterocycles. The average molecular weight is 218 g/mol. The van der Waals surface area contributed by atoms with Gasteiger partial charge in [0, 0.05) is 11.6 Å². The lowest BCUT2D eigenvalue weighted by atomic mass is 10.1. The number of carbonyl (C=O) groups excluding carboxylic acids is 1. The predicted molar refractivity (Wildman–Crippen MR) is 63.1 cm³/mol. The molecular formula is C12H14N2O2. The first kappa shape index (κ1) is 12.0. The second kappa shape index (κ2) is 5.70. The molecule has 84 valence electrons. The Balaban J connectivity index is 2.68. The van der Waals surface area contributed by atoms with Gasteiger partial charge in [-0.25, -0.2) is 4.79 Å². The van der Waals surface area contributed by atoms with Crippen molar-refractivity contribution in [1.82, 2.24) is 0 Å². The third kappa shape index (κ3) is 3.57. The van der Waals surface area contributed by atoms with Crippen molar-refractivity contribution < 1.29 is 9.53 Å². The minimum absolute atomic E-state index is 0.0286. The minimum atomic E-state index is -0.363. The first-order chi connectivity index (χ1) is 7.63. The van der Waals surface area contributed by atoms with E-state index in [1.165, 1.54) is 6.08 Å². The van der Waals surface area contributed by atoms with Gasteiger partial charge in [0.1, 0.15) is 5.84 Å². The summed E-state index contributed by atoms with van der Waals surface area (Å²) in [5.41, 5.74) is 6.84. The number of amidine groups is 1. The second-order valence-corrected chi connectivity index (χ2v) is 3.12. The highest BCUT2D eigenvalue weighted by Gasteiger charge is 1.96. The van der Waals surface area contributed by atoms with Gasteiger partial charge in [0.2, 0.25) is 0 Å². The van der Waals surface area contributed by atoms with E-state index in [2.05, 4.69) is 0 Å². The number of esters is 1. The Morgan fingerprint density at radius 3 is 2.56 bits per heavy atom. The Labute approximate surface area is 94.2 Å². The first-order valence-corrected chi connectivity index (χ1v) is 4.92. The molecule has 1 aromatic rings. The van der Waals surface area contributed by atoms with Crippen LogP contribution in [0.15, 0.2) is 30.3 Å². The molecule has 0 radical (unpaired) electrons. The van der Waals surface area contributed by atoms with Crippen molar-refractivity contribution in [2.24, 2.45) is 5.73 Å². The Morgan fingerprint density at radius 2 is 2.06 bits per heavy atom. The van der Waals surface area contributed by atoms with E-state index in [1.54, 1.807) is 37.3 Å². The average Bonchev–Trinajstić information content (AvgIpc) is 2.27. The molecule has 0 amide bonds. The summed E-state index contributed by atoms with van der Waals surface area (Å²) < 4.78 is 4.75. The van der Waals surface area contributed by atoms with Gasteiger partial charge in [-0.1, -0.05) is 24.3 Å². The molecule has 0 aliphatic carbocycles. The van der Waals surface area contributed by atoms with Gasteiger partial charge in [-0.05, 0) is 18.6 Å². The molecule has 0 aliphatic heterocycles. The van der Waals surface area contributed by atoms with E-state index in [1.807, 2.05) is 0 Å². The van der Waals surface area contributed by atoms with Crippen LogP contribution in [0.4, 0.5) is 0 Å². The van der Waals surface area contributed by atoms with Crippen molar-refractivity contribution in [2.45, 2.75) is 6.92 Å². The second-order valence-electron chi connectivity index (χ2n) is 3.12. The Morgan fingerprint density at radius 1 is 1.44 bits per heavy atom. The lowest BCUT2D eigenvalue weighted by Gasteiger charge is -1.98. The fourth-order valence-electron chi connectivity index (χ4n) is 1.13. The van der Waals surface area contributed by atoms with Crippen molar-refractivity contribution in [3.05, 3.63) is 41.5 Å². The normalized spacial score (nSPS) is 10.3. The van der Waals surface area contributed by atoms with Gasteiger partial charge < -0.3 is 10.5 Å². The maximum atomic E-state index is 11.0. The van der Waals surface area contributed by atoms with Gasteiger partial charge in [0.05, 0.1) is 6.61 Å². The SMILES string of the molecule is CCOC(=O)C=Cc1ccc(C(=N)N)cc1. The number of nitrogen functional groups attached to an aromatic ring is 1. The zero-order chi connectivity index (χ0) is 12.0. The standard InChI is InChI=1S/C12H14N2O2/c1-2-16-11(15)8-5-9-3-6-10(7-4-9)12(13)14/h3-8H,2H2,1H3,(H3,13,14). The highest BCUT2D eigenvalue weighted by molar-refractivity contribution is 5.95. The fraction of sp³-hybridized carbons (Fsp3) is 0.167. The van der Waals surface area contributed by atoms with E-state index in [4.69, 9.17) is 15.9 Å². The van der Waals surface area contributed by atoms with Gasteiger partial charge in [0.15, 0.2) is 0 Å². The monoisotopic (exact) mass is 218 g/mol. The Hall–Kier alpha value is -2.10. The van der Waals surface area contributed by atoms with Crippen LogP contribution in [0, 0.1) is 5.41 Å². The predicted octanol–water partition coefficient (Wildman–Crippen LogP) is 1.55. The van der Waals surface area contributed by atoms with Gasteiger partial charge in [0.25, 0.3) is 0 Å². The van der Waals surface area contributed by atoms with Crippen LogP contribution in [0.25, 0.3) is 6.08 Å². The van der Waals surface area contributed by atoms with Crippen molar-refractivity contribution in [3.63, 3.8) is 0 Å². The number of ether oxygens (including phenoxy) is 1. The molecule has 0 aliphatic rings. The molecule has 0 unspecified atom stereocenters. The van der Waals surface area contributed by atoms with Gasteiger partial charge >= 0.3 is 5.97 Å². The van der Waals surface area contributed by atoms with E-state index in [0.29, 0.717) is 12.2 Å². The number of benzene rings is 1. The smallest absolute Gasteiger partial charge is 0.330 e. The molecule has 0 saturated carbocycles. The quantitative estimate of drug-likeness (QED) is 0.348. The number of carbonyl (C=O) groups is 1. The summed E-state index contributed by atoms with van der Waals surface area (Å²) in [7, 11) is 0. The molecular weight excluding hydrogens is 204 g/mol. The lowest BCUT2D eigenvalue weighted by Crippen LogP contribution is -2.10. The highest BCUT2D eigenvalue weighted by atomic mass is 16.5. The summed E-state index contributed by atoms with van der Waals surface area (Å²) in [6.45, 7) is 2.12. The molecule has 0 bridgehead atoms. The number of hydrogen-bond donors (Lipinski definition) is 2. The molecule has 1 aromatic carbocycles. The molecule has 0 spiro atoms. The topological polar surface area (TPSA) is 76.2 Å². The molecule has 16 heavy (non-hydrogen) atoms. The number of rotatable bonds is 4. The van der Waals surface area contributed by atoms with Crippen LogP contribution < -0.4 is 5.73 Å². The number of hydrogen-bond acceptors (Lipinski definition) is 3. The summed E-state index contributed by atoms with van der Waals surface area (Å²) in [6, 6.07) is 7.03. The van der Waals surface area contributed by atoms with Crippen molar-refractivity contribution >= 4 is 17.9 Å². The van der Waals surface area contributed by atoms with Gasteiger partial charge in [-0.2, -0.15) is 0 Å². The van der Waals surface area contributed by atoms with E-state index in [9.17, 15) is 4.79 Å². The van der Waals surface area contributed by atoms with Crippen LogP contribution in [0.5, 0.6) is 0 Å². The van der Waals surface area contributed by atoms with E-state index in [0.717, 1.165) is 5.56 Å². The van der Waals surface area contributed by atoms with Gasteiger partial charge in [-0.3, -0.25) is 5.41 Å². The number of nitrogens with two attached hydrogens (primary N) is 1. The number of nitrogens with one attached hydrogen (secondary N) is 1. The van der Waals surface area contributed by atoms with E-state index in [-0.39, 0.29) is 11.8 Å². The minimum Gasteiger partial charge on any atom is -0.463 e. The zero-order valence-corrected chi connectivity index (χ0v) is 9.07. The maximum Gasteiger partial charge on any atom is 0.330 e. The third-order valence-corrected chi connectivity index (χ3v) is 1.92. The van der Waals surface area contributed by atoms with Crippen molar-refractivity contribution in [1.29, 1.82) is 5.41 Å². The molecule has 3 N–H and O–H groups in total. The Bertz CT molecular complexity index is 408. The summed E-state index contributed by atoms with van der Waals surface area (Å²) >= 11 is 0. The van der Waals surface area contributed by atoms with Crippen LogP contribution >= 0.6 is 0 Å². The van der Waals surface area contributed by atoms with Crippen LogP contribution in [-0.4, -0.2) is 18.4 Å². The summed E-state index contributed by atoms with van der Waals surface area (Å²) in [5, 5.41) is 7.22. The fourth-order valence-corrected chi connectivity index (χ4v) is 1.13. The van der Waals surface area contributed by atoms with Gasteiger partial charge in [-0.15, -0.1) is 0 Å². The van der Waals surface area contributed by atoms with Crippen molar-refractivity contribution in [2.75, 3.05) is 6.61 Å². The lowest BCUT2D eigenvalue weighted by molar-refractivity contribution is -0.137. The highest BCUT2D eigenvalue weighted by Crippen LogP contribution is 2.05. The molecule has 1 rings (SSSR count). The summed E-state index contributed by atoms with van der Waals surface area (Å²) in [4.78, 5) is 11.0. The third-order valence-electron chi connectivity index (χ3n) is 1.92. The summed E-state index contributed by atoms with van der Waals surface area (Å²) in [5.74, 6) is -0.334.